The highest BCUT2D eigenvalue weighted by Crippen LogP contribution is 2.34. The number of carboxylic acid groups (broad SMARTS) is 1. The summed E-state index contributed by atoms with van der Waals surface area (Å²) in [7, 11) is 1.78. The molecule has 0 spiro atoms. The molecule has 0 aliphatic carbocycles. The quantitative estimate of drug-likeness (QED) is 0.691. The number of carbonyl (C=O) groups is 2. The van der Waals surface area contributed by atoms with E-state index in [9.17, 15) is 18.0 Å². The normalized spacial score (nSPS) is 22.8. The van der Waals surface area contributed by atoms with E-state index in [0.29, 0.717) is 30.2 Å². The number of hydrogen-bond acceptors (Lipinski definition) is 6. The molecule has 3 atom stereocenters. The summed E-state index contributed by atoms with van der Waals surface area (Å²) in [6.45, 7) is 6.64. The number of halogens is 3. The number of likely N-dealkylation sites (tertiary alicyclic amines) is 1. The van der Waals surface area contributed by atoms with Gasteiger partial charge in [0.05, 0.1) is 12.7 Å². The fourth-order valence-corrected chi connectivity index (χ4v) is 4.85. The molecule has 12 heteroatoms. The second-order valence-electron chi connectivity index (χ2n) is 7.87. The molecule has 2 aliphatic rings. The van der Waals surface area contributed by atoms with Crippen LogP contribution in [0.4, 0.5) is 13.2 Å². The van der Waals surface area contributed by atoms with Crippen molar-refractivity contribution in [1.29, 1.82) is 0 Å². The van der Waals surface area contributed by atoms with Crippen molar-refractivity contribution in [3.8, 4) is 0 Å². The molecular formula is C20H25F3N4O4S. The number of alkyl halides is 3. The van der Waals surface area contributed by atoms with Crippen molar-refractivity contribution in [2.24, 2.45) is 18.9 Å². The van der Waals surface area contributed by atoms with E-state index in [1.807, 2.05) is 11.3 Å². The first-order valence-corrected chi connectivity index (χ1v) is 10.9. The van der Waals surface area contributed by atoms with Gasteiger partial charge in [-0.15, -0.1) is 11.3 Å². The Morgan fingerprint density at radius 2 is 2.06 bits per heavy atom. The highest BCUT2D eigenvalue weighted by Gasteiger charge is 2.43. The third kappa shape index (κ3) is 5.87. The summed E-state index contributed by atoms with van der Waals surface area (Å²) in [5, 5.41) is 16.4. The number of carboxylic acids is 1. The molecule has 2 aromatic heterocycles. The van der Waals surface area contributed by atoms with Gasteiger partial charge in [0.15, 0.2) is 0 Å². The molecule has 2 aromatic rings. The highest BCUT2D eigenvalue weighted by atomic mass is 32.1. The van der Waals surface area contributed by atoms with Crippen LogP contribution < -0.4 is 5.32 Å². The van der Waals surface area contributed by atoms with Crippen LogP contribution in [0, 0.1) is 18.8 Å². The molecule has 0 saturated carbocycles. The molecule has 4 rings (SSSR count). The lowest BCUT2D eigenvalue weighted by Crippen LogP contribution is -2.35. The van der Waals surface area contributed by atoms with E-state index in [4.69, 9.17) is 14.6 Å². The molecule has 2 N–H and O–H groups in total. The van der Waals surface area contributed by atoms with Crippen molar-refractivity contribution in [1.82, 2.24) is 20.0 Å². The SMILES string of the molecule is Cc1ccsc1CN1C[C@@H]2[C@@H](CNC(=O)c3ccnn3C)CO[C@@H]2C1.O=C(O)C(F)(F)F. The molecule has 0 aromatic carbocycles. The standard InChI is InChI=1S/C18H24N4O2S.C2HF3O2/c1-12-4-6-25-17(12)10-22-8-14-13(11-24-16(14)9-22)7-19-18(23)15-3-5-20-21(15)2;3-2(4,5)1(6)7/h3-6,13-14,16H,7-11H2,1-2H3,(H,19,23);(H,6,7)/t13-,14+,16+;/m0./s1. The number of aryl methyl sites for hydroxylation is 2. The van der Waals surface area contributed by atoms with Gasteiger partial charge in [0.25, 0.3) is 5.91 Å². The molecule has 2 fully saturated rings. The monoisotopic (exact) mass is 474 g/mol. The van der Waals surface area contributed by atoms with Crippen LogP contribution in [0.3, 0.4) is 0 Å². The Labute approximate surface area is 187 Å². The number of rotatable bonds is 5. The summed E-state index contributed by atoms with van der Waals surface area (Å²) in [6.07, 6.45) is -3.13. The molecule has 2 aliphatic heterocycles. The van der Waals surface area contributed by atoms with E-state index in [0.717, 1.165) is 26.2 Å². The van der Waals surface area contributed by atoms with Gasteiger partial charge < -0.3 is 15.2 Å². The number of carbonyl (C=O) groups excluding carboxylic acids is 1. The number of amides is 1. The van der Waals surface area contributed by atoms with Crippen LogP contribution in [-0.2, 0) is 23.1 Å². The van der Waals surface area contributed by atoms with Gasteiger partial charge in [0.2, 0.25) is 0 Å². The molecule has 0 unspecified atom stereocenters. The lowest BCUT2D eigenvalue weighted by molar-refractivity contribution is -0.192. The maximum Gasteiger partial charge on any atom is 0.490 e. The van der Waals surface area contributed by atoms with E-state index < -0.39 is 12.1 Å². The van der Waals surface area contributed by atoms with Gasteiger partial charge in [0.1, 0.15) is 5.69 Å². The van der Waals surface area contributed by atoms with Crippen LogP contribution in [0.1, 0.15) is 20.9 Å². The fourth-order valence-electron chi connectivity index (χ4n) is 3.90. The number of nitrogens with zero attached hydrogens (tertiary/aromatic N) is 3. The summed E-state index contributed by atoms with van der Waals surface area (Å²) in [6, 6.07) is 3.92. The zero-order valence-electron chi connectivity index (χ0n) is 17.6. The van der Waals surface area contributed by atoms with E-state index in [-0.39, 0.29) is 5.91 Å². The minimum atomic E-state index is -5.08. The second-order valence-corrected chi connectivity index (χ2v) is 8.87. The Balaban J connectivity index is 0.000000360. The number of ether oxygens (including phenoxy) is 1. The molecule has 2 saturated heterocycles. The minimum absolute atomic E-state index is 0.0625. The topological polar surface area (TPSA) is 96.7 Å². The Kier molecular flexibility index (Phi) is 7.57. The Morgan fingerprint density at radius 1 is 1.34 bits per heavy atom. The summed E-state index contributed by atoms with van der Waals surface area (Å²) < 4.78 is 39.3. The average molecular weight is 475 g/mol. The molecule has 0 bridgehead atoms. The second kappa shape index (κ2) is 10.0. The summed E-state index contributed by atoms with van der Waals surface area (Å²) in [5.41, 5.74) is 1.97. The van der Waals surface area contributed by atoms with Crippen molar-refractivity contribution >= 4 is 23.2 Å². The fraction of sp³-hybridized carbons (Fsp3) is 0.550. The van der Waals surface area contributed by atoms with Gasteiger partial charge in [-0.3, -0.25) is 14.4 Å². The third-order valence-corrected chi connectivity index (χ3v) is 6.68. The van der Waals surface area contributed by atoms with Crippen LogP contribution in [-0.4, -0.2) is 70.2 Å². The lowest BCUT2D eigenvalue weighted by Gasteiger charge is -2.19. The smallest absolute Gasteiger partial charge is 0.475 e. The molecular weight excluding hydrogens is 449 g/mol. The minimum Gasteiger partial charge on any atom is -0.475 e. The van der Waals surface area contributed by atoms with Crippen molar-refractivity contribution in [2.75, 3.05) is 26.2 Å². The maximum atomic E-state index is 12.3. The zero-order valence-corrected chi connectivity index (χ0v) is 18.4. The Bertz CT molecular complexity index is 945. The highest BCUT2D eigenvalue weighted by molar-refractivity contribution is 7.10. The molecule has 1 amide bonds. The number of aliphatic carboxylic acids is 1. The van der Waals surface area contributed by atoms with E-state index in [1.54, 1.807) is 24.0 Å². The predicted octanol–water partition coefficient (Wildman–Crippen LogP) is 2.30. The van der Waals surface area contributed by atoms with Crippen LogP contribution in [0.5, 0.6) is 0 Å². The molecule has 0 radical (unpaired) electrons. The van der Waals surface area contributed by atoms with Crippen molar-refractivity contribution in [3.63, 3.8) is 0 Å². The first-order chi connectivity index (χ1) is 15.1. The largest absolute Gasteiger partial charge is 0.490 e. The zero-order chi connectivity index (χ0) is 23.5. The predicted molar refractivity (Wildman–Crippen MR) is 110 cm³/mol. The molecule has 8 nitrogen and oxygen atoms in total. The summed E-state index contributed by atoms with van der Waals surface area (Å²) >= 11 is 1.83. The van der Waals surface area contributed by atoms with E-state index in [2.05, 4.69) is 33.7 Å². The third-order valence-electron chi connectivity index (χ3n) is 5.67. The number of nitrogens with one attached hydrogen (secondary N) is 1. The van der Waals surface area contributed by atoms with Gasteiger partial charge in [0, 0.05) is 56.1 Å². The van der Waals surface area contributed by atoms with Gasteiger partial charge in [-0.25, -0.2) is 4.79 Å². The van der Waals surface area contributed by atoms with Gasteiger partial charge in [-0.05, 0) is 30.0 Å². The maximum absolute atomic E-state index is 12.3. The molecule has 32 heavy (non-hydrogen) atoms. The van der Waals surface area contributed by atoms with Crippen molar-refractivity contribution < 1.29 is 32.6 Å². The van der Waals surface area contributed by atoms with Crippen molar-refractivity contribution in [3.05, 3.63) is 39.8 Å². The average Bonchev–Trinajstić information content (AvgIpc) is 3.47. The van der Waals surface area contributed by atoms with Crippen LogP contribution in [0.15, 0.2) is 23.7 Å². The van der Waals surface area contributed by atoms with E-state index >= 15 is 0 Å². The number of fused-ring (bicyclic) bond motifs is 1. The molecule has 176 valence electrons. The Hall–Kier alpha value is -2.44. The first-order valence-electron chi connectivity index (χ1n) is 9.99. The van der Waals surface area contributed by atoms with Gasteiger partial charge in [-0.1, -0.05) is 0 Å². The number of hydrogen-bond donors (Lipinski definition) is 2. The van der Waals surface area contributed by atoms with Crippen molar-refractivity contribution in [2.45, 2.75) is 25.7 Å². The summed E-state index contributed by atoms with van der Waals surface area (Å²) in [4.78, 5) is 25.1. The van der Waals surface area contributed by atoms with Gasteiger partial charge >= 0.3 is 12.1 Å². The first kappa shape index (κ1) is 24.2. The van der Waals surface area contributed by atoms with Crippen LogP contribution >= 0.6 is 11.3 Å². The number of thiophene rings is 1. The lowest BCUT2D eigenvalue weighted by atomic mass is 9.93. The van der Waals surface area contributed by atoms with E-state index in [1.165, 1.54) is 10.4 Å². The van der Waals surface area contributed by atoms with Crippen LogP contribution in [0.2, 0.25) is 0 Å². The molecule has 4 heterocycles. The summed E-state index contributed by atoms with van der Waals surface area (Å²) in [5.74, 6) is -1.93. The van der Waals surface area contributed by atoms with Gasteiger partial charge in [-0.2, -0.15) is 18.3 Å². The number of aromatic nitrogens is 2. The Morgan fingerprint density at radius 3 is 2.62 bits per heavy atom. The van der Waals surface area contributed by atoms with Crippen LogP contribution in [0.25, 0.3) is 0 Å².